The summed E-state index contributed by atoms with van der Waals surface area (Å²) in [5, 5.41) is 0. The van der Waals surface area contributed by atoms with E-state index in [0.717, 1.165) is 103 Å². The number of likely N-dealkylation sites (N-methyl/N-ethyl adjacent to an activating group) is 1. The number of quaternary nitrogens is 1. The number of hydrogen-bond acceptors (Lipinski definition) is 7. The van der Waals surface area contributed by atoms with Crippen LogP contribution in [-0.2, 0) is 27.9 Å². The van der Waals surface area contributed by atoms with Gasteiger partial charge >= 0.3 is 5.97 Å². The maximum absolute atomic E-state index is 12.7. The summed E-state index contributed by atoms with van der Waals surface area (Å²) in [6, 6.07) is 0. The van der Waals surface area contributed by atoms with Gasteiger partial charge in [0.15, 0.2) is 0 Å². The van der Waals surface area contributed by atoms with Gasteiger partial charge in [-0.2, -0.15) is 0 Å². The summed E-state index contributed by atoms with van der Waals surface area (Å²) in [5.74, 6) is -0.366. The van der Waals surface area contributed by atoms with E-state index < -0.39 is 13.9 Å². The quantitative estimate of drug-likeness (QED) is 0.0198. The van der Waals surface area contributed by atoms with Crippen LogP contribution in [0, 0.1) is 0 Å². The van der Waals surface area contributed by atoms with Crippen molar-refractivity contribution >= 4 is 13.8 Å². The van der Waals surface area contributed by atoms with Crippen LogP contribution in [0.5, 0.6) is 0 Å². The van der Waals surface area contributed by atoms with Crippen LogP contribution in [0.4, 0.5) is 0 Å². The molecular weight excluding hydrogens is 782 g/mol. The first-order valence-electron chi connectivity index (χ1n) is 24.0. The van der Waals surface area contributed by atoms with Gasteiger partial charge in [0.2, 0.25) is 0 Å². The van der Waals surface area contributed by atoms with Crippen LogP contribution in [0.15, 0.2) is 97.2 Å². The van der Waals surface area contributed by atoms with E-state index in [2.05, 4.69) is 111 Å². The molecule has 0 amide bonds. The topological polar surface area (TPSA) is 94.1 Å². The Labute approximate surface area is 375 Å². The Morgan fingerprint density at radius 3 is 1.43 bits per heavy atom. The molecule has 9 heteroatoms. The van der Waals surface area contributed by atoms with Crippen LogP contribution in [0.25, 0.3) is 0 Å². The highest BCUT2D eigenvalue weighted by Crippen LogP contribution is 2.38. The first kappa shape index (κ1) is 58.4. The average molecular weight is 872 g/mol. The van der Waals surface area contributed by atoms with Gasteiger partial charge in [-0.25, -0.2) is 0 Å². The smallest absolute Gasteiger partial charge is 0.306 e. The first-order valence-corrected chi connectivity index (χ1v) is 25.4. The number of nitrogens with zero attached hydrogens (tertiary/aromatic N) is 1. The number of carbonyl (C=O) groups is 1. The molecule has 0 aromatic carbocycles. The highest BCUT2D eigenvalue weighted by Gasteiger charge is 2.20. The van der Waals surface area contributed by atoms with Crippen LogP contribution < -0.4 is 4.89 Å². The van der Waals surface area contributed by atoms with Gasteiger partial charge in [-0.3, -0.25) is 9.36 Å². The Balaban J connectivity index is 4.29. The number of carbonyl (C=O) groups excluding carboxylic acids is 1. The standard InChI is InChI=1S/C52H90NO7P/c1-6-8-10-12-14-16-18-20-22-24-25-26-27-28-29-30-31-33-35-37-39-41-43-45-52(54)60-51(50-59-61(55,56)58-48-46-53(3,4)5)49-57-47-44-42-40-38-36-34-32-23-21-19-17-15-13-11-9-7-2/h8,10,14-17,20-23,25-26,28-29,31,33,51H,6-7,9,11-13,18-19,24,27,30,32,34-50H2,1-5H3/b10-8-,16-14-,17-15-,22-20-,23-21-,26-25-,29-28-,33-31-. The number of phosphoric ester groups is 1. The summed E-state index contributed by atoms with van der Waals surface area (Å²) < 4.78 is 34.6. The Morgan fingerprint density at radius 1 is 0.525 bits per heavy atom. The van der Waals surface area contributed by atoms with Crippen molar-refractivity contribution in [1.82, 2.24) is 0 Å². The van der Waals surface area contributed by atoms with Crippen molar-refractivity contribution in [3.05, 3.63) is 97.2 Å². The molecule has 0 aromatic rings. The van der Waals surface area contributed by atoms with Crippen LogP contribution in [-0.4, -0.2) is 70.7 Å². The SMILES string of the molecule is CC/C=C\C/C=C\C/C=C\C/C=C\C/C=C\C/C=C\CCCCCCC(=O)OC(COCCCCCCCC/C=C\C/C=C\CCCCC)COP(=O)([O-])OCC[N+](C)(C)C. The van der Waals surface area contributed by atoms with Gasteiger partial charge in [0, 0.05) is 13.0 Å². The molecule has 0 aromatic heterocycles. The number of hydrogen-bond donors (Lipinski definition) is 0. The zero-order chi connectivity index (χ0) is 44.8. The second kappa shape index (κ2) is 44.0. The maximum Gasteiger partial charge on any atom is 0.306 e. The molecule has 2 unspecified atom stereocenters. The van der Waals surface area contributed by atoms with E-state index in [-0.39, 0.29) is 32.2 Å². The van der Waals surface area contributed by atoms with Crippen molar-refractivity contribution in [3.8, 4) is 0 Å². The van der Waals surface area contributed by atoms with Crippen molar-refractivity contribution in [2.24, 2.45) is 0 Å². The van der Waals surface area contributed by atoms with E-state index in [1.54, 1.807) is 0 Å². The van der Waals surface area contributed by atoms with E-state index in [0.29, 0.717) is 17.6 Å². The Kier molecular flexibility index (Phi) is 42.2. The Hall–Kier alpha value is -2.58. The lowest BCUT2D eigenvalue weighted by Gasteiger charge is -2.28. The van der Waals surface area contributed by atoms with Gasteiger partial charge in [-0.15, -0.1) is 0 Å². The van der Waals surface area contributed by atoms with Gasteiger partial charge in [-0.1, -0.05) is 162 Å². The van der Waals surface area contributed by atoms with Gasteiger partial charge in [0.05, 0.1) is 34.4 Å². The second-order valence-corrected chi connectivity index (χ2v) is 18.1. The van der Waals surface area contributed by atoms with E-state index in [9.17, 15) is 14.3 Å². The molecule has 0 N–H and O–H groups in total. The van der Waals surface area contributed by atoms with E-state index in [1.165, 1.54) is 44.9 Å². The van der Waals surface area contributed by atoms with Crippen LogP contribution in [0.2, 0.25) is 0 Å². The molecular formula is C52H90NO7P. The molecule has 8 nitrogen and oxygen atoms in total. The summed E-state index contributed by atoms with van der Waals surface area (Å²) in [4.78, 5) is 25.1. The summed E-state index contributed by atoms with van der Waals surface area (Å²) in [5.41, 5.74) is 0. The van der Waals surface area contributed by atoms with Gasteiger partial charge < -0.3 is 27.9 Å². The lowest BCUT2D eigenvalue weighted by molar-refractivity contribution is -0.870. The highest BCUT2D eigenvalue weighted by molar-refractivity contribution is 7.45. The summed E-state index contributed by atoms with van der Waals surface area (Å²) in [6.45, 7) is 5.19. The minimum absolute atomic E-state index is 0.0128. The third-order valence-electron chi connectivity index (χ3n) is 9.62. The lowest BCUT2D eigenvalue weighted by atomic mass is 10.1. The molecule has 0 aliphatic heterocycles. The van der Waals surface area contributed by atoms with Gasteiger partial charge in [-0.05, 0) is 96.3 Å². The normalized spacial score (nSPS) is 14.5. The molecule has 350 valence electrons. The molecule has 0 rings (SSSR count). The van der Waals surface area contributed by atoms with Crippen LogP contribution >= 0.6 is 7.82 Å². The Bertz CT molecular complexity index is 1290. The van der Waals surface area contributed by atoms with E-state index >= 15 is 0 Å². The maximum atomic E-state index is 12.7. The average Bonchev–Trinajstić information content (AvgIpc) is 3.22. The van der Waals surface area contributed by atoms with Crippen LogP contribution in [0.3, 0.4) is 0 Å². The molecule has 0 spiro atoms. The number of unbranched alkanes of at least 4 members (excludes halogenated alkanes) is 13. The fourth-order valence-corrected chi connectivity index (χ4v) is 6.66. The van der Waals surface area contributed by atoms with Crippen molar-refractivity contribution in [2.45, 2.75) is 174 Å². The molecule has 2 atom stereocenters. The largest absolute Gasteiger partial charge is 0.756 e. The molecule has 0 aliphatic rings. The summed E-state index contributed by atoms with van der Waals surface area (Å²) >= 11 is 0. The number of ether oxygens (including phenoxy) is 2. The summed E-state index contributed by atoms with van der Waals surface area (Å²) in [6.07, 6.45) is 59.9. The minimum atomic E-state index is -4.55. The number of phosphoric acid groups is 1. The third-order valence-corrected chi connectivity index (χ3v) is 10.6. The predicted molar refractivity (Wildman–Crippen MR) is 258 cm³/mol. The first-order chi connectivity index (χ1) is 29.6. The predicted octanol–water partition coefficient (Wildman–Crippen LogP) is 14.0. The second-order valence-electron chi connectivity index (χ2n) is 16.7. The zero-order valence-corrected chi connectivity index (χ0v) is 40.5. The molecule has 0 saturated carbocycles. The third kappa shape index (κ3) is 48.3. The fraction of sp³-hybridized carbons (Fsp3) is 0.673. The molecule has 0 bridgehead atoms. The molecule has 0 saturated heterocycles. The van der Waals surface area contributed by atoms with Crippen molar-refractivity contribution in [3.63, 3.8) is 0 Å². The van der Waals surface area contributed by atoms with Crippen LogP contribution in [0.1, 0.15) is 168 Å². The van der Waals surface area contributed by atoms with E-state index in [1.807, 2.05) is 21.1 Å². The highest BCUT2D eigenvalue weighted by atomic mass is 31.2. The monoisotopic (exact) mass is 872 g/mol. The van der Waals surface area contributed by atoms with Crippen molar-refractivity contribution in [2.75, 3.05) is 54.1 Å². The molecule has 0 radical (unpaired) electrons. The molecule has 61 heavy (non-hydrogen) atoms. The fourth-order valence-electron chi connectivity index (χ4n) is 5.93. The summed E-state index contributed by atoms with van der Waals surface area (Å²) in [7, 11) is 1.31. The number of rotatable bonds is 43. The Morgan fingerprint density at radius 2 is 0.951 bits per heavy atom. The van der Waals surface area contributed by atoms with Gasteiger partial charge in [0.25, 0.3) is 7.82 Å². The zero-order valence-electron chi connectivity index (χ0n) is 39.6. The van der Waals surface area contributed by atoms with Crippen molar-refractivity contribution in [1.29, 1.82) is 0 Å². The minimum Gasteiger partial charge on any atom is -0.756 e. The molecule has 0 heterocycles. The number of esters is 1. The van der Waals surface area contributed by atoms with Gasteiger partial charge in [0.1, 0.15) is 19.3 Å². The number of allylic oxidation sites excluding steroid dienone is 16. The molecule has 0 aliphatic carbocycles. The lowest BCUT2D eigenvalue weighted by Crippen LogP contribution is -2.37. The van der Waals surface area contributed by atoms with Crippen molar-refractivity contribution < 1.29 is 37.3 Å². The molecule has 0 fully saturated rings. The van der Waals surface area contributed by atoms with E-state index in [4.69, 9.17) is 18.5 Å².